The average Bonchev–Trinajstić information content (AvgIpc) is 2.35. The molecule has 1 aliphatic heterocycles. The smallest absolute Gasteiger partial charge is 0.260 e. The van der Waals surface area contributed by atoms with Crippen molar-refractivity contribution in [1.82, 2.24) is 0 Å². The fourth-order valence-corrected chi connectivity index (χ4v) is 1.92. The predicted molar refractivity (Wildman–Crippen MR) is 70.7 cm³/mol. The molecule has 0 fully saturated rings. The van der Waals surface area contributed by atoms with E-state index in [9.17, 15) is 9.59 Å². The summed E-state index contributed by atoms with van der Waals surface area (Å²) in [5.41, 5.74) is 10.7. The zero-order valence-corrected chi connectivity index (χ0v) is 10.9. The maximum Gasteiger partial charge on any atom is 0.260 e. The molecule has 0 saturated heterocycles. The van der Waals surface area contributed by atoms with Gasteiger partial charge in [-0.25, -0.2) is 0 Å². The number of carbonyl (C=O) groups is 2. The van der Waals surface area contributed by atoms with E-state index in [1.807, 2.05) is 0 Å². The summed E-state index contributed by atoms with van der Waals surface area (Å²) in [4.78, 5) is 25.1. The zero-order valence-electron chi connectivity index (χ0n) is 10.9. The number of hydrogen-bond donors (Lipinski definition) is 2. The predicted octanol–water partition coefficient (Wildman–Crippen LogP) is 0.00320. The Bertz CT molecular complexity index is 522. The van der Waals surface area contributed by atoms with Crippen LogP contribution in [0.2, 0.25) is 0 Å². The first-order valence-corrected chi connectivity index (χ1v) is 5.96. The quantitative estimate of drug-likeness (QED) is 0.784. The molecule has 0 aliphatic carbocycles. The van der Waals surface area contributed by atoms with Gasteiger partial charge in [0.1, 0.15) is 5.75 Å². The molecular formula is C13H17N3O3. The molecule has 6 heteroatoms. The fraction of sp³-hybridized carbons (Fsp3) is 0.385. The number of nitrogens with zero attached hydrogens (tertiary/aromatic N) is 1. The number of nitrogens with two attached hydrogens (primary N) is 2. The van der Waals surface area contributed by atoms with Gasteiger partial charge >= 0.3 is 0 Å². The molecular weight excluding hydrogens is 246 g/mol. The maximum absolute atomic E-state index is 12.3. The van der Waals surface area contributed by atoms with Crippen molar-refractivity contribution in [3.05, 3.63) is 24.3 Å². The largest absolute Gasteiger partial charge is 0.477 e. The highest BCUT2D eigenvalue weighted by Crippen LogP contribution is 2.34. The number of benzene rings is 1. The Morgan fingerprint density at radius 1 is 1.37 bits per heavy atom. The Labute approximate surface area is 111 Å². The molecule has 0 saturated carbocycles. The highest BCUT2D eigenvalue weighted by molar-refractivity contribution is 6.02. The zero-order chi connectivity index (χ0) is 14.2. The van der Waals surface area contributed by atoms with Crippen molar-refractivity contribution in [3.8, 4) is 5.75 Å². The summed E-state index contributed by atoms with van der Waals surface area (Å²) in [6.45, 7) is 3.31. The molecule has 6 nitrogen and oxygen atoms in total. The van der Waals surface area contributed by atoms with E-state index in [-0.39, 0.29) is 12.5 Å². The van der Waals surface area contributed by atoms with E-state index in [2.05, 4.69) is 0 Å². The molecule has 1 aromatic rings. The van der Waals surface area contributed by atoms with Crippen LogP contribution in [0.15, 0.2) is 24.3 Å². The monoisotopic (exact) mass is 263 g/mol. The highest BCUT2D eigenvalue weighted by Gasteiger charge is 2.37. The summed E-state index contributed by atoms with van der Waals surface area (Å²) in [6.07, 6.45) is -0.860. The van der Waals surface area contributed by atoms with Crippen molar-refractivity contribution < 1.29 is 14.3 Å². The van der Waals surface area contributed by atoms with Crippen LogP contribution in [-0.2, 0) is 9.59 Å². The Balaban J connectivity index is 2.42. The number of anilines is 1. The molecule has 1 aromatic carbocycles. The van der Waals surface area contributed by atoms with Gasteiger partial charge in [0, 0.05) is 0 Å². The van der Waals surface area contributed by atoms with Crippen LogP contribution >= 0.6 is 0 Å². The Kier molecular flexibility index (Phi) is 3.20. The topological polar surface area (TPSA) is 98.7 Å². The SMILES string of the molecule is CC(C)(N)C(=O)N1CC(C(N)=O)Oc2ccccc21. The normalized spacial score (nSPS) is 18.5. The average molecular weight is 263 g/mol. The minimum absolute atomic E-state index is 0.0752. The summed E-state index contributed by atoms with van der Waals surface area (Å²) in [7, 11) is 0. The summed E-state index contributed by atoms with van der Waals surface area (Å²) < 4.78 is 5.48. The third kappa shape index (κ3) is 2.53. The Morgan fingerprint density at radius 3 is 2.58 bits per heavy atom. The molecule has 1 aliphatic rings. The van der Waals surface area contributed by atoms with Crippen molar-refractivity contribution in [3.63, 3.8) is 0 Å². The molecule has 102 valence electrons. The molecule has 0 radical (unpaired) electrons. The first-order valence-electron chi connectivity index (χ1n) is 5.96. The van der Waals surface area contributed by atoms with Crippen LogP contribution in [0.25, 0.3) is 0 Å². The van der Waals surface area contributed by atoms with Crippen LogP contribution in [0.4, 0.5) is 5.69 Å². The molecule has 19 heavy (non-hydrogen) atoms. The molecule has 0 aromatic heterocycles. The number of rotatable bonds is 2. The van der Waals surface area contributed by atoms with Crippen LogP contribution in [0, 0.1) is 0 Å². The number of carbonyl (C=O) groups excluding carboxylic acids is 2. The molecule has 0 bridgehead atoms. The van der Waals surface area contributed by atoms with E-state index in [1.54, 1.807) is 38.1 Å². The number of amides is 2. The van der Waals surface area contributed by atoms with Crippen LogP contribution < -0.4 is 21.1 Å². The summed E-state index contributed by atoms with van der Waals surface area (Å²) in [6, 6.07) is 6.99. The van der Waals surface area contributed by atoms with Gasteiger partial charge in [0.15, 0.2) is 6.10 Å². The Hall–Kier alpha value is -2.08. The van der Waals surface area contributed by atoms with E-state index < -0.39 is 17.6 Å². The molecule has 0 spiro atoms. The van der Waals surface area contributed by atoms with Crippen LogP contribution in [0.1, 0.15) is 13.8 Å². The van der Waals surface area contributed by atoms with Gasteiger partial charge in [-0.1, -0.05) is 12.1 Å². The van der Waals surface area contributed by atoms with E-state index in [0.717, 1.165) is 0 Å². The van der Waals surface area contributed by atoms with Crippen LogP contribution in [-0.4, -0.2) is 30.0 Å². The lowest BCUT2D eigenvalue weighted by molar-refractivity contribution is -0.126. The molecule has 1 unspecified atom stereocenters. The molecule has 2 rings (SSSR count). The molecule has 4 N–H and O–H groups in total. The summed E-state index contributed by atoms with van der Waals surface area (Å²) in [5.74, 6) is -0.438. The first-order chi connectivity index (χ1) is 8.80. The van der Waals surface area contributed by atoms with E-state index in [0.29, 0.717) is 11.4 Å². The minimum Gasteiger partial charge on any atom is -0.477 e. The Morgan fingerprint density at radius 2 is 2.00 bits per heavy atom. The van der Waals surface area contributed by atoms with Gasteiger partial charge in [0.25, 0.3) is 5.91 Å². The van der Waals surface area contributed by atoms with Gasteiger partial charge in [-0.05, 0) is 26.0 Å². The van der Waals surface area contributed by atoms with Crippen molar-refractivity contribution in [2.75, 3.05) is 11.4 Å². The van der Waals surface area contributed by atoms with Crippen LogP contribution in [0.3, 0.4) is 0 Å². The van der Waals surface area contributed by atoms with Crippen molar-refractivity contribution in [1.29, 1.82) is 0 Å². The fourth-order valence-electron chi connectivity index (χ4n) is 1.92. The van der Waals surface area contributed by atoms with Gasteiger partial charge in [0.05, 0.1) is 17.8 Å². The second kappa shape index (κ2) is 4.55. The molecule has 1 heterocycles. The molecule has 1 atom stereocenters. The lowest BCUT2D eigenvalue weighted by Gasteiger charge is -2.36. The van der Waals surface area contributed by atoms with Gasteiger partial charge in [-0.2, -0.15) is 0 Å². The number of para-hydroxylation sites is 2. The number of hydrogen-bond acceptors (Lipinski definition) is 4. The second-order valence-electron chi connectivity index (χ2n) is 5.11. The standard InChI is InChI=1S/C13H17N3O3/c1-13(2,15)12(18)16-7-10(11(14)17)19-9-6-4-3-5-8(9)16/h3-6,10H,7,15H2,1-2H3,(H2,14,17). The highest BCUT2D eigenvalue weighted by atomic mass is 16.5. The number of fused-ring (bicyclic) bond motifs is 1. The summed E-state index contributed by atoms with van der Waals surface area (Å²) >= 11 is 0. The van der Waals surface area contributed by atoms with Gasteiger partial charge in [0.2, 0.25) is 5.91 Å². The molecule has 2 amide bonds. The van der Waals surface area contributed by atoms with E-state index in [1.165, 1.54) is 4.90 Å². The van der Waals surface area contributed by atoms with Crippen molar-refractivity contribution >= 4 is 17.5 Å². The van der Waals surface area contributed by atoms with E-state index in [4.69, 9.17) is 16.2 Å². The number of ether oxygens (including phenoxy) is 1. The van der Waals surface area contributed by atoms with Gasteiger partial charge < -0.3 is 21.1 Å². The lowest BCUT2D eigenvalue weighted by atomic mass is 10.0. The lowest BCUT2D eigenvalue weighted by Crippen LogP contribution is -2.57. The van der Waals surface area contributed by atoms with Gasteiger partial charge in [-0.3, -0.25) is 9.59 Å². The number of primary amides is 1. The third-order valence-corrected chi connectivity index (χ3v) is 2.89. The maximum atomic E-state index is 12.3. The first kappa shape index (κ1) is 13.4. The van der Waals surface area contributed by atoms with Crippen molar-refractivity contribution in [2.45, 2.75) is 25.5 Å². The third-order valence-electron chi connectivity index (χ3n) is 2.89. The summed E-state index contributed by atoms with van der Waals surface area (Å²) in [5, 5.41) is 0. The second-order valence-corrected chi connectivity index (χ2v) is 5.11. The van der Waals surface area contributed by atoms with E-state index >= 15 is 0 Å². The van der Waals surface area contributed by atoms with Crippen LogP contribution in [0.5, 0.6) is 5.75 Å². The van der Waals surface area contributed by atoms with Crippen molar-refractivity contribution in [2.24, 2.45) is 11.5 Å². The minimum atomic E-state index is -1.04. The van der Waals surface area contributed by atoms with Gasteiger partial charge in [-0.15, -0.1) is 0 Å².